The van der Waals surface area contributed by atoms with Crippen LogP contribution in [0.5, 0.6) is 0 Å². The molecule has 0 radical (unpaired) electrons. The van der Waals surface area contributed by atoms with Crippen molar-refractivity contribution in [2.45, 2.75) is 71.9 Å². The average Bonchev–Trinajstić information content (AvgIpc) is 2.38. The molecule has 0 amide bonds. The van der Waals surface area contributed by atoms with E-state index < -0.39 is 0 Å². The average molecular weight is 255 g/mol. The van der Waals surface area contributed by atoms with Gasteiger partial charge in [-0.05, 0) is 37.1 Å². The highest BCUT2D eigenvalue weighted by molar-refractivity contribution is 4.88. The van der Waals surface area contributed by atoms with E-state index in [4.69, 9.17) is 4.74 Å². The molecule has 0 heterocycles. The van der Waals surface area contributed by atoms with E-state index >= 15 is 0 Å². The van der Waals surface area contributed by atoms with Gasteiger partial charge in [-0.2, -0.15) is 0 Å². The molecule has 18 heavy (non-hydrogen) atoms. The third kappa shape index (κ3) is 4.24. The summed E-state index contributed by atoms with van der Waals surface area (Å²) in [5, 5.41) is 3.70. The zero-order valence-corrected chi connectivity index (χ0v) is 13.0. The van der Waals surface area contributed by atoms with Gasteiger partial charge in [0.15, 0.2) is 0 Å². The molecule has 0 saturated heterocycles. The van der Waals surface area contributed by atoms with E-state index in [1.54, 1.807) is 0 Å². The first-order valence-electron chi connectivity index (χ1n) is 7.90. The lowest BCUT2D eigenvalue weighted by atomic mass is 9.74. The monoisotopic (exact) mass is 255 g/mol. The van der Waals surface area contributed by atoms with E-state index in [1.165, 1.54) is 32.1 Å². The van der Waals surface area contributed by atoms with Crippen LogP contribution in [0.2, 0.25) is 0 Å². The Morgan fingerprint density at radius 2 is 1.94 bits per heavy atom. The predicted octanol–water partition coefficient (Wildman–Crippen LogP) is 3.85. The first-order valence-corrected chi connectivity index (χ1v) is 7.90. The van der Waals surface area contributed by atoms with Crippen LogP contribution in [0.4, 0.5) is 0 Å². The molecule has 1 rings (SSSR count). The summed E-state index contributed by atoms with van der Waals surface area (Å²) < 4.78 is 5.79. The Morgan fingerprint density at radius 1 is 1.22 bits per heavy atom. The third-order valence-electron chi connectivity index (χ3n) is 4.63. The van der Waals surface area contributed by atoms with Crippen molar-refractivity contribution in [1.82, 2.24) is 5.32 Å². The van der Waals surface area contributed by atoms with E-state index in [1.807, 2.05) is 7.11 Å². The lowest BCUT2D eigenvalue weighted by molar-refractivity contribution is 0.00450. The van der Waals surface area contributed by atoms with Gasteiger partial charge in [-0.15, -0.1) is 0 Å². The lowest BCUT2D eigenvalue weighted by Crippen LogP contribution is -2.49. The summed E-state index contributed by atoms with van der Waals surface area (Å²) in [5.74, 6) is 2.33. The highest BCUT2D eigenvalue weighted by atomic mass is 16.5. The Balaban J connectivity index is 2.69. The van der Waals surface area contributed by atoms with E-state index in [-0.39, 0.29) is 0 Å². The number of hydrogen-bond donors (Lipinski definition) is 1. The van der Waals surface area contributed by atoms with Crippen molar-refractivity contribution in [2.24, 2.45) is 17.8 Å². The van der Waals surface area contributed by atoms with Gasteiger partial charge in [0, 0.05) is 13.2 Å². The summed E-state index contributed by atoms with van der Waals surface area (Å²) in [6.45, 7) is 10.1. The van der Waals surface area contributed by atoms with Crippen molar-refractivity contribution < 1.29 is 4.74 Å². The van der Waals surface area contributed by atoms with Crippen LogP contribution in [0.15, 0.2) is 0 Å². The topological polar surface area (TPSA) is 21.3 Å². The van der Waals surface area contributed by atoms with Crippen LogP contribution in [0, 0.1) is 17.8 Å². The largest absolute Gasteiger partial charge is 0.380 e. The maximum Gasteiger partial charge on any atom is 0.0749 e. The maximum atomic E-state index is 5.79. The fraction of sp³-hybridized carbons (Fsp3) is 1.00. The van der Waals surface area contributed by atoms with Gasteiger partial charge in [-0.25, -0.2) is 0 Å². The minimum Gasteiger partial charge on any atom is -0.380 e. The van der Waals surface area contributed by atoms with Crippen LogP contribution in [-0.2, 0) is 4.74 Å². The standard InChI is InChI=1S/C16H33NO/c1-6-13-9-8-10-14(11-13)15(17-7-2)16(18-5)12(3)4/h12-17H,6-11H2,1-5H3. The van der Waals surface area contributed by atoms with E-state index in [9.17, 15) is 0 Å². The molecule has 108 valence electrons. The highest BCUT2D eigenvalue weighted by Gasteiger charge is 2.33. The van der Waals surface area contributed by atoms with Crippen LogP contribution >= 0.6 is 0 Å². The number of rotatable bonds is 7. The van der Waals surface area contributed by atoms with Crippen molar-refractivity contribution in [1.29, 1.82) is 0 Å². The molecule has 1 aliphatic carbocycles. The van der Waals surface area contributed by atoms with Gasteiger partial charge in [0.25, 0.3) is 0 Å². The number of nitrogens with one attached hydrogen (secondary N) is 1. The Bertz CT molecular complexity index is 217. The second-order valence-electron chi connectivity index (χ2n) is 6.23. The van der Waals surface area contributed by atoms with Gasteiger partial charge >= 0.3 is 0 Å². The van der Waals surface area contributed by atoms with E-state index in [0.717, 1.165) is 18.4 Å². The van der Waals surface area contributed by atoms with Gasteiger partial charge < -0.3 is 10.1 Å². The summed E-state index contributed by atoms with van der Waals surface area (Å²) in [4.78, 5) is 0. The molecule has 0 aromatic carbocycles. The Hall–Kier alpha value is -0.0800. The summed E-state index contributed by atoms with van der Waals surface area (Å²) in [5.41, 5.74) is 0. The molecular formula is C16H33NO. The molecule has 1 fully saturated rings. The quantitative estimate of drug-likeness (QED) is 0.746. The molecule has 0 aromatic rings. The van der Waals surface area contributed by atoms with Gasteiger partial charge in [-0.1, -0.05) is 47.0 Å². The molecular weight excluding hydrogens is 222 g/mol. The maximum absolute atomic E-state index is 5.79. The first kappa shape index (κ1) is 16.0. The zero-order valence-electron chi connectivity index (χ0n) is 13.0. The summed E-state index contributed by atoms with van der Waals surface area (Å²) in [7, 11) is 1.87. The fourth-order valence-electron chi connectivity index (χ4n) is 3.65. The van der Waals surface area contributed by atoms with Crippen molar-refractivity contribution >= 4 is 0 Å². The van der Waals surface area contributed by atoms with Crippen LogP contribution < -0.4 is 5.32 Å². The Labute approximate surface area is 114 Å². The van der Waals surface area contributed by atoms with Gasteiger partial charge in [-0.3, -0.25) is 0 Å². The molecule has 0 aromatic heterocycles. The molecule has 1 aliphatic rings. The number of ether oxygens (including phenoxy) is 1. The van der Waals surface area contributed by atoms with Gasteiger partial charge in [0.2, 0.25) is 0 Å². The number of methoxy groups -OCH3 is 1. The smallest absolute Gasteiger partial charge is 0.0749 e. The fourth-order valence-corrected chi connectivity index (χ4v) is 3.65. The van der Waals surface area contributed by atoms with Crippen LogP contribution in [0.3, 0.4) is 0 Å². The van der Waals surface area contributed by atoms with Gasteiger partial charge in [0.1, 0.15) is 0 Å². The van der Waals surface area contributed by atoms with Crippen LogP contribution in [0.25, 0.3) is 0 Å². The summed E-state index contributed by atoms with van der Waals surface area (Å²) in [6.07, 6.45) is 7.30. The van der Waals surface area contributed by atoms with E-state index in [0.29, 0.717) is 18.1 Å². The summed E-state index contributed by atoms with van der Waals surface area (Å²) in [6, 6.07) is 0.536. The first-order chi connectivity index (χ1) is 8.63. The molecule has 2 heteroatoms. The zero-order chi connectivity index (χ0) is 13.5. The minimum atomic E-state index is 0.352. The molecule has 2 nitrogen and oxygen atoms in total. The normalized spacial score (nSPS) is 28.3. The van der Waals surface area contributed by atoms with Gasteiger partial charge in [0.05, 0.1) is 6.10 Å². The van der Waals surface area contributed by atoms with Crippen molar-refractivity contribution in [3.05, 3.63) is 0 Å². The molecule has 0 bridgehead atoms. The second kappa shape index (κ2) is 8.16. The molecule has 0 aliphatic heterocycles. The van der Waals surface area contributed by atoms with E-state index in [2.05, 4.69) is 33.0 Å². The van der Waals surface area contributed by atoms with Crippen molar-refractivity contribution in [3.63, 3.8) is 0 Å². The summed E-state index contributed by atoms with van der Waals surface area (Å²) >= 11 is 0. The van der Waals surface area contributed by atoms with Crippen LogP contribution in [0.1, 0.15) is 59.8 Å². The van der Waals surface area contributed by atoms with Crippen LogP contribution in [-0.4, -0.2) is 25.8 Å². The molecule has 1 saturated carbocycles. The second-order valence-corrected chi connectivity index (χ2v) is 6.23. The minimum absolute atomic E-state index is 0.352. The lowest BCUT2D eigenvalue weighted by Gasteiger charge is -2.39. The molecule has 4 unspecified atom stereocenters. The Morgan fingerprint density at radius 3 is 2.44 bits per heavy atom. The predicted molar refractivity (Wildman–Crippen MR) is 78.8 cm³/mol. The van der Waals surface area contributed by atoms with Crippen molar-refractivity contribution in [2.75, 3.05) is 13.7 Å². The molecule has 1 N–H and O–H groups in total. The molecule has 4 atom stereocenters. The molecule has 0 spiro atoms. The third-order valence-corrected chi connectivity index (χ3v) is 4.63. The highest BCUT2D eigenvalue weighted by Crippen LogP contribution is 2.35. The van der Waals surface area contributed by atoms with Crippen molar-refractivity contribution in [3.8, 4) is 0 Å². The number of hydrogen-bond acceptors (Lipinski definition) is 2. The Kier molecular flexibility index (Phi) is 7.25. The number of likely N-dealkylation sites (N-methyl/N-ethyl adjacent to an activating group) is 1. The SMILES string of the molecule is CCNC(C1CCCC(CC)C1)C(OC)C(C)C.